The zero-order chi connectivity index (χ0) is 11.8. The molecule has 0 saturated carbocycles. The first kappa shape index (κ1) is 10.4. The molecule has 0 spiro atoms. The second-order valence-corrected chi connectivity index (χ2v) is 3.45. The van der Waals surface area contributed by atoms with Gasteiger partial charge in [-0.15, -0.1) is 0 Å². The molecule has 1 aliphatic rings. The highest BCUT2D eigenvalue weighted by molar-refractivity contribution is 6.15. The zero-order valence-electron chi connectivity index (χ0n) is 8.52. The number of nitrogens with one attached hydrogen (secondary N) is 1. The van der Waals surface area contributed by atoms with E-state index in [9.17, 15) is 14.4 Å². The summed E-state index contributed by atoms with van der Waals surface area (Å²) in [5, 5.41) is 2.50. The number of aldehydes is 1. The van der Waals surface area contributed by atoms with Crippen molar-refractivity contribution in [2.45, 2.75) is 12.5 Å². The van der Waals surface area contributed by atoms with Crippen LogP contribution in [0.2, 0.25) is 0 Å². The van der Waals surface area contributed by atoms with Gasteiger partial charge in [-0.2, -0.15) is 0 Å². The van der Waals surface area contributed by atoms with E-state index in [4.69, 9.17) is 4.74 Å². The molecule has 1 amide bonds. The fraction of sp³-hybridized carbons (Fsp3) is 0.182. The molecular formula is C11H9NO4. The highest BCUT2D eigenvalue weighted by atomic mass is 16.6. The Kier molecular flexibility index (Phi) is 2.23. The molecule has 5 nitrogen and oxygen atoms in total. The third-order valence-electron chi connectivity index (χ3n) is 2.38. The predicted octanol–water partition coefficient (Wildman–Crippen LogP) is 0.596. The summed E-state index contributed by atoms with van der Waals surface area (Å²) < 4.78 is 4.87. The van der Waals surface area contributed by atoms with Crippen molar-refractivity contribution >= 4 is 23.9 Å². The van der Waals surface area contributed by atoms with Gasteiger partial charge < -0.3 is 10.1 Å². The molecule has 1 N–H and O–H groups in total. The maximum absolute atomic E-state index is 11.7. The van der Waals surface area contributed by atoms with Crippen LogP contribution in [0, 0.1) is 0 Å². The van der Waals surface area contributed by atoms with Crippen LogP contribution in [-0.2, 0) is 24.7 Å². The molecule has 1 aromatic carbocycles. The first-order valence-electron chi connectivity index (χ1n) is 4.67. The lowest BCUT2D eigenvalue weighted by molar-refractivity contribution is -0.166. The van der Waals surface area contributed by atoms with Crippen molar-refractivity contribution in [1.29, 1.82) is 0 Å². The third kappa shape index (κ3) is 1.29. The van der Waals surface area contributed by atoms with Gasteiger partial charge in [0.05, 0.1) is 0 Å². The zero-order valence-corrected chi connectivity index (χ0v) is 8.52. The van der Waals surface area contributed by atoms with Gasteiger partial charge in [0.15, 0.2) is 6.29 Å². The minimum atomic E-state index is -1.83. The number of benzene rings is 1. The monoisotopic (exact) mass is 219 g/mol. The summed E-state index contributed by atoms with van der Waals surface area (Å²) in [5.74, 6) is -1.32. The average Bonchev–Trinajstić information content (AvgIpc) is 2.52. The number of hydrogen-bond donors (Lipinski definition) is 1. The first-order chi connectivity index (χ1) is 7.60. The molecule has 5 heteroatoms. The van der Waals surface area contributed by atoms with E-state index in [-0.39, 0.29) is 0 Å². The number of amides is 1. The molecule has 0 aliphatic carbocycles. The number of anilines is 1. The van der Waals surface area contributed by atoms with Gasteiger partial charge in [0.1, 0.15) is 0 Å². The van der Waals surface area contributed by atoms with Crippen molar-refractivity contribution in [2.75, 3.05) is 5.32 Å². The van der Waals surface area contributed by atoms with Crippen molar-refractivity contribution in [3.05, 3.63) is 29.8 Å². The molecule has 82 valence electrons. The number of carbonyl (C=O) groups excluding carboxylic acids is 3. The van der Waals surface area contributed by atoms with Crippen LogP contribution in [0.5, 0.6) is 0 Å². The Labute approximate surface area is 91.4 Å². The molecule has 1 unspecified atom stereocenters. The number of ether oxygens (including phenoxy) is 1. The van der Waals surface area contributed by atoms with Crippen LogP contribution in [0.15, 0.2) is 24.3 Å². The highest BCUT2D eigenvalue weighted by Gasteiger charge is 2.50. The Bertz CT molecular complexity index is 483. The summed E-state index contributed by atoms with van der Waals surface area (Å²) in [7, 11) is 0. The van der Waals surface area contributed by atoms with E-state index in [1.165, 1.54) is 0 Å². The third-order valence-corrected chi connectivity index (χ3v) is 2.38. The standard InChI is InChI=1S/C11H9NO4/c1-7(14)16-11(6-13)8-4-2-3-5-9(8)12-10(11)15/h2-6H,1H3,(H,12,15). The molecule has 1 aliphatic heterocycles. The molecule has 0 aromatic heterocycles. The van der Waals surface area contributed by atoms with Gasteiger partial charge in [0.25, 0.3) is 11.5 Å². The topological polar surface area (TPSA) is 72.5 Å². The van der Waals surface area contributed by atoms with Crippen LogP contribution in [0.3, 0.4) is 0 Å². The van der Waals surface area contributed by atoms with Crippen LogP contribution >= 0.6 is 0 Å². The molecule has 1 aromatic rings. The second-order valence-electron chi connectivity index (χ2n) is 3.45. The largest absolute Gasteiger partial charge is 0.436 e. The van der Waals surface area contributed by atoms with E-state index >= 15 is 0 Å². The van der Waals surface area contributed by atoms with Crippen LogP contribution in [0.25, 0.3) is 0 Å². The van der Waals surface area contributed by atoms with E-state index in [1.54, 1.807) is 24.3 Å². The number of esters is 1. The molecule has 2 rings (SSSR count). The molecular weight excluding hydrogens is 210 g/mol. The van der Waals surface area contributed by atoms with Gasteiger partial charge >= 0.3 is 5.97 Å². The van der Waals surface area contributed by atoms with Crippen molar-refractivity contribution in [3.63, 3.8) is 0 Å². The van der Waals surface area contributed by atoms with Crippen LogP contribution in [0.4, 0.5) is 5.69 Å². The minimum absolute atomic E-state index is 0.343. The van der Waals surface area contributed by atoms with Crippen molar-refractivity contribution in [1.82, 2.24) is 0 Å². The van der Waals surface area contributed by atoms with Gasteiger partial charge in [-0.3, -0.25) is 14.4 Å². The van der Waals surface area contributed by atoms with Crippen LogP contribution in [-0.4, -0.2) is 18.2 Å². The average molecular weight is 219 g/mol. The van der Waals surface area contributed by atoms with E-state index in [0.717, 1.165) is 6.92 Å². The predicted molar refractivity (Wildman–Crippen MR) is 54.6 cm³/mol. The Morgan fingerprint density at radius 1 is 1.44 bits per heavy atom. The number of fused-ring (bicyclic) bond motifs is 1. The fourth-order valence-corrected chi connectivity index (χ4v) is 1.72. The molecule has 16 heavy (non-hydrogen) atoms. The lowest BCUT2D eigenvalue weighted by atomic mass is 9.97. The summed E-state index contributed by atoms with van der Waals surface area (Å²) in [6.07, 6.45) is 0.343. The summed E-state index contributed by atoms with van der Waals surface area (Å²) in [6, 6.07) is 6.60. The maximum Gasteiger partial charge on any atom is 0.304 e. The van der Waals surface area contributed by atoms with Gasteiger partial charge in [-0.05, 0) is 6.07 Å². The molecule has 1 atom stereocenters. The summed E-state index contributed by atoms with van der Waals surface area (Å²) >= 11 is 0. The van der Waals surface area contributed by atoms with E-state index < -0.39 is 17.5 Å². The van der Waals surface area contributed by atoms with Gasteiger partial charge in [0.2, 0.25) is 0 Å². The van der Waals surface area contributed by atoms with E-state index in [1.807, 2.05) is 0 Å². The highest BCUT2D eigenvalue weighted by Crippen LogP contribution is 2.37. The second kappa shape index (κ2) is 3.44. The van der Waals surface area contributed by atoms with Gasteiger partial charge in [-0.25, -0.2) is 0 Å². The maximum atomic E-state index is 11.7. The van der Waals surface area contributed by atoms with Crippen molar-refractivity contribution < 1.29 is 19.1 Å². The lowest BCUT2D eigenvalue weighted by Crippen LogP contribution is -2.40. The van der Waals surface area contributed by atoms with Crippen LogP contribution in [0.1, 0.15) is 12.5 Å². The quantitative estimate of drug-likeness (QED) is 0.449. The Morgan fingerprint density at radius 3 is 2.75 bits per heavy atom. The van der Waals surface area contributed by atoms with E-state index in [0.29, 0.717) is 17.5 Å². The normalized spacial score (nSPS) is 22.2. The smallest absolute Gasteiger partial charge is 0.304 e. The van der Waals surface area contributed by atoms with E-state index in [2.05, 4.69) is 5.32 Å². The SMILES string of the molecule is CC(=O)OC1(C=O)C(=O)Nc2ccccc21. The van der Waals surface area contributed by atoms with Crippen molar-refractivity contribution in [2.24, 2.45) is 0 Å². The number of para-hydroxylation sites is 1. The number of hydrogen-bond acceptors (Lipinski definition) is 4. The summed E-state index contributed by atoms with van der Waals surface area (Å²) in [6.45, 7) is 1.15. The number of rotatable bonds is 2. The molecule has 0 fully saturated rings. The number of carbonyl (C=O) groups is 3. The summed E-state index contributed by atoms with van der Waals surface area (Å²) in [4.78, 5) is 33.8. The Balaban J connectivity index is 2.57. The fourth-order valence-electron chi connectivity index (χ4n) is 1.72. The Morgan fingerprint density at radius 2 is 2.12 bits per heavy atom. The van der Waals surface area contributed by atoms with Gasteiger partial charge in [0, 0.05) is 18.2 Å². The van der Waals surface area contributed by atoms with Crippen LogP contribution < -0.4 is 5.32 Å². The minimum Gasteiger partial charge on any atom is -0.436 e. The molecule has 1 heterocycles. The molecule has 0 bridgehead atoms. The molecule has 0 saturated heterocycles. The van der Waals surface area contributed by atoms with Gasteiger partial charge in [-0.1, -0.05) is 18.2 Å². The summed E-state index contributed by atoms with van der Waals surface area (Å²) in [5.41, 5.74) is -0.978. The first-order valence-corrected chi connectivity index (χ1v) is 4.67. The van der Waals surface area contributed by atoms with Crippen molar-refractivity contribution in [3.8, 4) is 0 Å². The lowest BCUT2D eigenvalue weighted by Gasteiger charge is -2.19. The Hall–Kier alpha value is -2.17. The molecule has 0 radical (unpaired) electrons.